The van der Waals surface area contributed by atoms with Crippen molar-refractivity contribution < 1.29 is 9.90 Å². The summed E-state index contributed by atoms with van der Waals surface area (Å²) in [5.41, 5.74) is 1.71. The van der Waals surface area contributed by atoms with E-state index in [-0.39, 0.29) is 12.1 Å². The lowest BCUT2D eigenvalue weighted by Gasteiger charge is -2.28. The molecule has 2 aliphatic rings. The number of rotatable bonds is 2. The molecule has 0 saturated heterocycles. The van der Waals surface area contributed by atoms with Crippen LogP contribution in [-0.4, -0.2) is 35.2 Å². The smallest absolute Gasteiger partial charge is 0.317 e. The molecule has 1 fully saturated rings. The van der Waals surface area contributed by atoms with Crippen molar-refractivity contribution in [3.05, 3.63) is 33.3 Å². The number of benzene rings is 1. The van der Waals surface area contributed by atoms with Crippen molar-refractivity contribution in [2.24, 2.45) is 0 Å². The van der Waals surface area contributed by atoms with Gasteiger partial charge in [-0.3, -0.25) is 0 Å². The van der Waals surface area contributed by atoms with E-state index in [9.17, 15) is 9.90 Å². The molecule has 2 atom stereocenters. The van der Waals surface area contributed by atoms with Crippen molar-refractivity contribution >= 4 is 29.2 Å². The molecule has 0 radical (unpaired) electrons. The van der Waals surface area contributed by atoms with Crippen molar-refractivity contribution in [1.82, 2.24) is 10.2 Å². The number of hydrogen-bond acceptors (Lipinski definition) is 2. The van der Waals surface area contributed by atoms with Gasteiger partial charge in [0.25, 0.3) is 0 Å². The summed E-state index contributed by atoms with van der Waals surface area (Å²) in [7, 11) is 1.69. The van der Waals surface area contributed by atoms with Gasteiger partial charge < -0.3 is 15.3 Å². The molecule has 0 aromatic heterocycles. The van der Waals surface area contributed by atoms with Crippen LogP contribution in [0.15, 0.2) is 12.1 Å². The highest BCUT2D eigenvalue weighted by molar-refractivity contribution is 6.35. The minimum atomic E-state index is -0.657. The molecule has 0 heterocycles. The van der Waals surface area contributed by atoms with E-state index in [2.05, 4.69) is 5.32 Å². The summed E-state index contributed by atoms with van der Waals surface area (Å²) in [6.07, 6.45) is 1.84. The first-order valence-corrected chi connectivity index (χ1v) is 7.42. The second kappa shape index (κ2) is 5.10. The third-order valence-corrected chi connectivity index (χ3v) is 4.49. The Labute approximate surface area is 127 Å². The molecule has 0 aliphatic heterocycles. The number of carbonyl (C=O) groups excluding carboxylic acids is 1. The van der Waals surface area contributed by atoms with Crippen LogP contribution >= 0.6 is 23.2 Å². The molecule has 20 heavy (non-hydrogen) atoms. The van der Waals surface area contributed by atoms with E-state index in [1.54, 1.807) is 24.1 Å². The maximum Gasteiger partial charge on any atom is 0.317 e. The van der Waals surface area contributed by atoms with E-state index in [4.69, 9.17) is 23.2 Å². The molecule has 4 nitrogen and oxygen atoms in total. The minimum absolute atomic E-state index is 0.166. The van der Waals surface area contributed by atoms with Crippen molar-refractivity contribution in [3.8, 4) is 0 Å². The molecule has 0 spiro atoms. The topological polar surface area (TPSA) is 52.6 Å². The van der Waals surface area contributed by atoms with Crippen LogP contribution in [0.5, 0.6) is 0 Å². The summed E-state index contributed by atoms with van der Waals surface area (Å²) in [6.45, 7) is 0. The van der Waals surface area contributed by atoms with Crippen molar-refractivity contribution in [3.63, 3.8) is 0 Å². The summed E-state index contributed by atoms with van der Waals surface area (Å²) < 4.78 is 0. The molecule has 1 aromatic carbocycles. The molecule has 3 rings (SSSR count). The lowest BCUT2D eigenvalue weighted by Crippen LogP contribution is -2.43. The maximum absolute atomic E-state index is 12.1. The van der Waals surface area contributed by atoms with Gasteiger partial charge in [-0.05, 0) is 36.1 Å². The van der Waals surface area contributed by atoms with E-state index in [1.165, 1.54) is 0 Å². The molecule has 0 unspecified atom stereocenters. The molecule has 0 bridgehead atoms. The van der Waals surface area contributed by atoms with Gasteiger partial charge in [-0.1, -0.05) is 23.2 Å². The van der Waals surface area contributed by atoms with Crippen molar-refractivity contribution in [1.29, 1.82) is 0 Å². The van der Waals surface area contributed by atoms with Crippen LogP contribution in [0.4, 0.5) is 4.79 Å². The summed E-state index contributed by atoms with van der Waals surface area (Å²) in [5.74, 6) is 0. The number of urea groups is 1. The molecule has 2 amide bonds. The standard InChI is InChI=1S/C14H16Cl2N2O2/c1-18(14(20)17-8-2-3-8)13-10-4-7(15)5-11(16)9(10)6-12(13)19/h4-5,8,12-13,19H,2-3,6H2,1H3,(H,17,20)/t12-,13-/m0/s1. The molecule has 1 saturated carbocycles. The highest BCUT2D eigenvalue weighted by Gasteiger charge is 2.38. The fourth-order valence-electron chi connectivity index (χ4n) is 2.73. The normalized spacial score (nSPS) is 24.4. The van der Waals surface area contributed by atoms with Crippen LogP contribution in [0.25, 0.3) is 0 Å². The highest BCUT2D eigenvalue weighted by atomic mass is 35.5. The summed E-state index contributed by atoms with van der Waals surface area (Å²) in [4.78, 5) is 13.7. The fraction of sp³-hybridized carbons (Fsp3) is 0.500. The Kier molecular flexibility index (Phi) is 3.56. The Morgan fingerprint density at radius 2 is 2.10 bits per heavy atom. The van der Waals surface area contributed by atoms with Gasteiger partial charge >= 0.3 is 6.03 Å². The Morgan fingerprint density at radius 1 is 1.40 bits per heavy atom. The Morgan fingerprint density at radius 3 is 2.75 bits per heavy atom. The second-order valence-corrected chi connectivity index (χ2v) is 6.35. The van der Waals surface area contributed by atoms with Crippen LogP contribution in [0.2, 0.25) is 10.0 Å². The van der Waals surface area contributed by atoms with Gasteiger partial charge in [0, 0.05) is 29.6 Å². The Bertz CT molecular complexity index is 560. The SMILES string of the molecule is CN(C(=O)NC1CC1)[C@H]1c2cc(Cl)cc(Cl)c2C[C@@H]1O. The fourth-order valence-corrected chi connectivity index (χ4v) is 3.31. The average molecular weight is 315 g/mol. The lowest BCUT2D eigenvalue weighted by molar-refractivity contribution is 0.0891. The van der Waals surface area contributed by atoms with Crippen molar-refractivity contribution in [2.45, 2.75) is 37.5 Å². The number of nitrogens with zero attached hydrogens (tertiary/aromatic N) is 1. The average Bonchev–Trinajstić information content (AvgIpc) is 3.11. The number of carbonyl (C=O) groups is 1. The molecule has 1 aromatic rings. The molecular weight excluding hydrogens is 299 g/mol. The number of aliphatic hydroxyl groups excluding tert-OH is 1. The number of aliphatic hydroxyl groups is 1. The Balaban J connectivity index is 1.88. The predicted molar refractivity (Wildman–Crippen MR) is 78.2 cm³/mol. The first-order chi connectivity index (χ1) is 9.47. The van der Waals surface area contributed by atoms with E-state index >= 15 is 0 Å². The monoisotopic (exact) mass is 314 g/mol. The van der Waals surface area contributed by atoms with Gasteiger partial charge in [0.2, 0.25) is 0 Å². The van der Waals surface area contributed by atoms with Gasteiger partial charge in [-0.2, -0.15) is 0 Å². The van der Waals surface area contributed by atoms with Gasteiger partial charge in [0.15, 0.2) is 0 Å². The van der Waals surface area contributed by atoms with Gasteiger partial charge in [0.1, 0.15) is 0 Å². The first-order valence-electron chi connectivity index (χ1n) is 6.66. The van der Waals surface area contributed by atoms with Crippen LogP contribution in [0.3, 0.4) is 0 Å². The number of amides is 2. The number of halogens is 2. The van der Waals surface area contributed by atoms with E-state index in [0.717, 1.165) is 24.0 Å². The zero-order valence-electron chi connectivity index (χ0n) is 11.1. The lowest BCUT2D eigenvalue weighted by atomic mass is 10.1. The Hall–Kier alpha value is -0.970. The second-order valence-electron chi connectivity index (χ2n) is 5.51. The first kappa shape index (κ1) is 14.0. The molecule has 6 heteroatoms. The summed E-state index contributed by atoms with van der Waals surface area (Å²) >= 11 is 12.2. The van der Waals surface area contributed by atoms with E-state index in [0.29, 0.717) is 16.5 Å². The largest absolute Gasteiger partial charge is 0.390 e. The minimum Gasteiger partial charge on any atom is -0.390 e. The summed E-state index contributed by atoms with van der Waals surface area (Å²) in [5, 5.41) is 14.3. The quantitative estimate of drug-likeness (QED) is 0.882. The number of likely N-dealkylation sites (N-methyl/N-ethyl adjacent to an activating group) is 1. The van der Waals surface area contributed by atoms with Crippen molar-refractivity contribution in [2.75, 3.05) is 7.05 Å². The van der Waals surface area contributed by atoms with Gasteiger partial charge in [0.05, 0.1) is 12.1 Å². The van der Waals surface area contributed by atoms with E-state index in [1.807, 2.05) is 0 Å². The molecule has 2 aliphatic carbocycles. The van der Waals surface area contributed by atoms with Crippen LogP contribution in [0, 0.1) is 0 Å². The summed E-state index contributed by atoms with van der Waals surface area (Å²) in [6, 6.07) is 3.16. The zero-order chi connectivity index (χ0) is 14.4. The molecule has 108 valence electrons. The molecular formula is C14H16Cl2N2O2. The van der Waals surface area contributed by atoms with Crippen LogP contribution < -0.4 is 5.32 Å². The predicted octanol–water partition coefficient (Wildman–Crippen LogP) is 2.76. The number of hydrogen-bond donors (Lipinski definition) is 2. The molecule has 2 N–H and O–H groups in total. The maximum atomic E-state index is 12.1. The zero-order valence-corrected chi connectivity index (χ0v) is 12.6. The van der Waals surface area contributed by atoms with E-state index < -0.39 is 12.1 Å². The van der Waals surface area contributed by atoms with Crippen LogP contribution in [0.1, 0.15) is 30.0 Å². The third kappa shape index (κ3) is 2.48. The third-order valence-electron chi connectivity index (χ3n) is 3.93. The van der Waals surface area contributed by atoms with Gasteiger partial charge in [-0.15, -0.1) is 0 Å². The number of nitrogens with one attached hydrogen (secondary N) is 1. The number of fused-ring (bicyclic) bond motifs is 1. The highest BCUT2D eigenvalue weighted by Crippen LogP contribution is 2.40. The van der Waals surface area contributed by atoms with Gasteiger partial charge in [-0.25, -0.2) is 4.79 Å². The van der Waals surface area contributed by atoms with Crippen LogP contribution in [-0.2, 0) is 6.42 Å².